The van der Waals surface area contributed by atoms with Crippen molar-refractivity contribution < 1.29 is 19.5 Å². The number of amides is 4. The van der Waals surface area contributed by atoms with E-state index in [1.54, 1.807) is 26.0 Å². The average molecular weight is 288 g/mol. The summed E-state index contributed by atoms with van der Waals surface area (Å²) in [5.41, 5.74) is 1.84. The second-order valence-electron chi connectivity index (χ2n) is 5.07. The summed E-state index contributed by atoms with van der Waals surface area (Å²) in [6.07, 6.45) is 1.43. The lowest BCUT2D eigenvalue weighted by atomic mass is 10.0. The van der Waals surface area contributed by atoms with Gasteiger partial charge in [0.15, 0.2) is 0 Å². The second-order valence-corrected chi connectivity index (χ2v) is 5.07. The van der Waals surface area contributed by atoms with Crippen molar-refractivity contribution in [3.05, 3.63) is 34.4 Å². The molecule has 1 aromatic rings. The molecule has 110 valence electrons. The van der Waals surface area contributed by atoms with Crippen LogP contribution < -0.4 is 0 Å². The van der Waals surface area contributed by atoms with Gasteiger partial charge in [-0.25, -0.2) is 4.79 Å². The highest BCUT2D eigenvalue weighted by atomic mass is 16.3. The number of carbonyl (C=O) groups excluding carboxylic acids is 3. The minimum Gasteiger partial charge on any atom is -0.507 e. The number of imide groups is 2. The maximum Gasteiger partial charge on any atom is 0.333 e. The number of aromatic hydroxyl groups is 1. The summed E-state index contributed by atoms with van der Waals surface area (Å²) in [6, 6.07) is 2.69. The first-order valence-corrected chi connectivity index (χ1v) is 6.36. The number of rotatable bonds is 1. The molecule has 0 aromatic heterocycles. The maximum absolute atomic E-state index is 12.1. The van der Waals surface area contributed by atoms with Gasteiger partial charge in [0, 0.05) is 14.1 Å². The van der Waals surface area contributed by atoms with E-state index in [4.69, 9.17) is 0 Å². The van der Waals surface area contributed by atoms with Crippen LogP contribution in [0.2, 0.25) is 0 Å². The summed E-state index contributed by atoms with van der Waals surface area (Å²) in [5, 5.41) is 9.74. The normalized spacial score (nSPS) is 15.8. The molecule has 6 nitrogen and oxygen atoms in total. The zero-order valence-electron chi connectivity index (χ0n) is 12.3. The quantitative estimate of drug-likeness (QED) is 0.626. The lowest BCUT2D eigenvalue weighted by molar-refractivity contribution is -0.134. The summed E-state index contributed by atoms with van der Waals surface area (Å²) < 4.78 is 0. The van der Waals surface area contributed by atoms with Gasteiger partial charge in [-0.2, -0.15) is 0 Å². The number of nitrogens with zero attached hydrogens (tertiary/aromatic N) is 2. The zero-order chi connectivity index (χ0) is 15.9. The molecule has 4 amide bonds. The van der Waals surface area contributed by atoms with Crippen molar-refractivity contribution in [3.8, 4) is 5.75 Å². The Morgan fingerprint density at radius 1 is 0.952 bits per heavy atom. The van der Waals surface area contributed by atoms with Crippen LogP contribution in [-0.2, 0) is 9.59 Å². The summed E-state index contributed by atoms with van der Waals surface area (Å²) in [4.78, 5) is 37.6. The Hall–Kier alpha value is -2.63. The molecule has 2 rings (SSSR count). The van der Waals surface area contributed by atoms with Crippen molar-refractivity contribution in [1.29, 1.82) is 0 Å². The van der Waals surface area contributed by atoms with Crippen molar-refractivity contribution >= 4 is 23.9 Å². The van der Waals surface area contributed by atoms with Gasteiger partial charge in [0.25, 0.3) is 11.8 Å². The highest BCUT2D eigenvalue weighted by Gasteiger charge is 2.37. The number of barbiturate groups is 1. The van der Waals surface area contributed by atoms with Crippen LogP contribution in [0.1, 0.15) is 16.7 Å². The number of likely N-dealkylation sites (N-methyl/N-ethyl adjacent to an activating group) is 2. The van der Waals surface area contributed by atoms with Gasteiger partial charge in [-0.05, 0) is 48.7 Å². The molecule has 0 aliphatic carbocycles. The first-order valence-electron chi connectivity index (χ1n) is 6.36. The number of benzene rings is 1. The number of phenols is 1. The smallest absolute Gasteiger partial charge is 0.333 e. The van der Waals surface area contributed by atoms with E-state index in [-0.39, 0.29) is 11.3 Å². The monoisotopic (exact) mass is 288 g/mol. The molecule has 1 heterocycles. The molecule has 0 spiro atoms. The van der Waals surface area contributed by atoms with E-state index in [9.17, 15) is 19.5 Å². The molecule has 0 atom stereocenters. The van der Waals surface area contributed by atoms with E-state index in [0.29, 0.717) is 16.7 Å². The number of phenolic OH excluding ortho intramolecular Hbond substituents is 1. The summed E-state index contributed by atoms with van der Waals surface area (Å²) in [7, 11) is 2.66. The number of carbonyl (C=O) groups is 3. The third-order valence-electron chi connectivity index (χ3n) is 3.47. The molecule has 0 saturated carbocycles. The largest absolute Gasteiger partial charge is 0.507 e. The van der Waals surface area contributed by atoms with Crippen LogP contribution in [0.4, 0.5) is 4.79 Å². The molecule has 1 aliphatic rings. The lowest BCUT2D eigenvalue weighted by Crippen LogP contribution is -2.52. The van der Waals surface area contributed by atoms with Gasteiger partial charge in [0.1, 0.15) is 11.3 Å². The van der Waals surface area contributed by atoms with E-state index in [1.807, 2.05) is 0 Å². The number of hydrogen-bond acceptors (Lipinski definition) is 4. The molecule has 1 N–H and O–H groups in total. The average Bonchev–Trinajstić information content (AvgIpc) is 2.45. The fourth-order valence-corrected chi connectivity index (χ4v) is 2.21. The fraction of sp³-hybridized carbons (Fsp3) is 0.267. The second kappa shape index (κ2) is 5.05. The SMILES string of the molecule is Cc1cc(C=C2C(=O)N(C)C(=O)N(C)C2=O)cc(C)c1O. The Morgan fingerprint density at radius 3 is 1.81 bits per heavy atom. The Balaban J connectivity index is 2.51. The molecule has 6 heteroatoms. The van der Waals surface area contributed by atoms with Gasteiger partial charge >= 0.3 is 6.03 Å². The molecule has 21 heavy (non-hydrogen) atoms. The molecule has 1 aromatic carbocycles. The molecule has 1 saturated heterocycles. The first-order chi connectivity index (χ1) is 9.73. The van der Waals surface area contributed by atoms with Crippen molar-refractivity contribution in [2.24, 2.45) is 0 Å². The zero-order valence-corrected chi connectivity index (χ0v) is 12.3. The summed E-state index contributed by atoms with van der Waals surface area (Å²) in [5.74, 6) is -1.08. The molecular formula is C15H16N2O4. The van der Waals surface area contributed by atoms with Crippen molar-refractivity contribution in [2.45, 2.75) is 13.8 Å². The van der Waals surface area contributed by atoms with Crippen LogP contribution in [0.25, 0.3) is 6.08 Å². The minimum atomic E-state index is -0.653. The first kappa shape index (κ1) is 14.8. The maximum atomic E-state index is 12.1. The third-order valence-corrected chi connectivity index (χ3v) is 3.47. The summed E-state index contributed by atoms with van der Waals surface area (Å²) >= 11 is 0. The minimum absolute atomic E-state index is 0.0795. The third kappa shape index (κ3) is 2.40. The van der Waals surface area contributed by atoms with E-state index < -0.39 is 17.8 Å². The number of hydrogen-bond donors (Lipinski definition) is 1. The molecule has 1 fully saturated rings. The summed E-state index contributed by atoms with van der Waals surface area (Å²) in [6.45, 7) is 3.47. The van der Waals surface area contributed by atoms with Crippen LogP contribution in [-0.4, -0.2) is 46.8 Å². The van der Waals surface area contributed by atoms with Crippen molar-refractivity contribution in [3.63, 3.8) is 0 Å². The van der Waals surface area contributed by atoms with E-state index in [0.717, 1.165) is 9.80 Å². The Bertz CT molecular complexity index is 642. The Kier molecular flexibility index (Phi) is 3.55. The molecular weight excluding hydrogens is 272 g/mol. The Labute approximate surface area is 122 Å². The van der Waals surface area contributed by atoms with Crippen molar-refractivity contribution in [1.82, 2.24) is 9.80 Å². The Morgan fingerprint density at radius 2 is 1.38 bits per heavy atom. The molecule has 0 bridgehead atoms. The van der Waals surface area contributed by atoms with Crippen LogP contribution >= 0.6 is 0 Å². The highest BCUT2D eigenvalue weighted by molar-refractivity contribution is 6.30. The van der Waals surface area contributed by atoms with Crippen LogP contribution in [0.5, 0.6) is 5.75 Å². The van der Waals surface area contributed by atoms with E-state index in [1.165, 1.54) is 20.2 Å². The lowest BCUT2D eigenvalue weighted by Gasteiger charge is -2.28. The van der Waals surface area contributed by atoms with Crippen LogP contribution in [0, 0.1) is 13.8 Å². The number of urea groups is 1. The standard InChI is InChI=1S/C15H16N2O4/c1-8-5-10(6-9(2)12(8)18)7-11-13(19)16(3)15(21)17(4)14(11)20/h5-7,18H,1-4H3. The van der Waals surface area contributed by atoms with Gasteiger partial charge in [-0.3, -0.25) is 19.4 Å². The predicted molar refractivity (Wildman–Crippen MR) is 76.5 cm³/mol. The molecule has 1 aliphatic heterocycles. The van der Waals surface area contributed by atoms with Gasteiger partial charge in [-0.1, -0.05) is 0 Å². The predicted octanol–water partition coefficient (Wildman–Crippen LogP) is 1.44. The van der Waals surface area contributed by atoms with Gasteiger partial charge in [0.05, 0.1) is 0 Å². The van der Waals surface area contributed by atoms with Gasteiger partial charge in [0.2, 0.25) is 0 Å². The van der Waals surface area contributed by atoms with Gasteiger partial charge in [-0.15, -0.1) is 0 Å². The molecule has 0 unspecified atom stereocenters. The topological polar surface area (TPSA) is 77.9 Å². The highest BCUT2D eigenvalue weighted by Crippen LogP contribution is 2.25. The van der Waals surface area contributed by atoms with E-state index in [2.05, 4.69) is 0 Å². The van der Waals surface area contributed by atoms with Crippen LogP contribution in [0.15, 0.2) is 17.7 Å². The van der Waals surface area contributed by atoms with E-state index >= 15 is 0 Å². The fourth-order valence-electron chi connectivity index (χ4n) is 2.21. The van der Waals surface area contributed by atoms with Gasteiger partial charge < -0.3 is 5.11 Å². The molecule has 0 radical (unpaired) electrons. The van der Waals surface area contributed by atoms with Crippen LogP contribution in [0.3, 0.4) is 0 Å². The number of aryl methyl sites for hydroxylation is 2. The van der Waals surface area contributed by atoms with Crippen molar-refractivity contribution in [2.75, 3.05) is 14.1 Å².